The molecule has 13 nitrogen and oxygen atoms in total. The molecule has 5 atom stereocenters. The number of rotatable bonds is 22. The lowest BCUT2D eigenvalue weighted by Crippen LogP contribution is -2.42. The Labute approximate surface area is 238 Å². The first-order valence-electron chi connectivity index (χ1n) is 14.0. The third-order valence-corrected chi connectivity index (χ3v) is 7.24. The maximum Gasteiger partial charge on any atom is 0.475 e. The van der Waals surface area contributed by atoms with Crippen molar-refractivity contribution in [2.45, 2.75) is 83.4 Å². The molecule has 0 aromatic rings. The van der Waals surface area contributed by atoms with E-state index in [9.17, 15) is 14.2 Å². The Morgan fingerprint density at radius 1 is 0.950 bits per heavy atom. The topological polar surface area (TPSA) is 152 Å². The number of likely N-dealkylation sites (N-methyl/N-ethyl adjacent to an activating group) is 2. The lowest BCUT2D eigenvalue weighted by molar-refractivity contribution is -0.870. The van der Waals surface area contributed by atoms with E-state index >= 15 is 0 Å². The fourth-order valence-electron chi connectivity index (χ4n) is 3.47. The molecule has 0 spiro atoms. The maximum absolute atomic E-state index is 13.4. The zero-order chi connectivity index (χ0) is 30.0. The molecule has 0 amide bonds. The molecular formula is C26H49N3O10P+. The van der Waals surface area contributed by atoms with Gasteiger partial charge >= 0.3 is 19.8 Å². The first kappa shape index (κ1) is 36.4. The standard InChI is InChI=1S/C26H49N3O10P/c1-7-9-12-22(30)38-24-21(20-36-40(32,34-17-11-14-27)35-19-16-29(4,5)6)37-26(33-18-15-28-3)25(24)39-23(31)13-10-8-2/h21,24-26,28H,7-13,15-20H2,1-6H3/q+1. The molecule has 40 heavy (non-hydrogen) atoms. The fourth-order valence-corrected chi connectivity index (χ4v) is 4.65. The highest BCUT2D eigenvalue weighted by Gasteiger charge is 2.51. The van der Waals surface area contributed by atoms with Crippen LogP contribution in [0.3, 0.4) is 0 Å². The highest BCUT2D eigenvalue weighted by Crippen LogP contribution is 2.50. The lowest BCUT2D eigenvalue weighted by Gasteiger charge is -2.26. The lowest BCUT2D eigenvalue weighted by atomic mass is 10.1. The Morgan fingerprint density at radius 3 is 2.10 bits per heavy atom. The fraction of sp³-hybridized carbons (Fsp3) is 0.885. The average Bonchev–Trinajstić information content (AvgIpc) is 3.20. The molecule has 1 fully saturated rings. The number of hydrogen-bond acceptors (Lipinski definition) is 12. The van der Waals surface area contributed by atoms with E-state index in [0.29, 0.717) is 30.4 Å². The molecule has 1 rings (SSSR count). The predicted molar refractivity (Wildman–Crippen MR) is 146 cm³/mol. The average molecular weight is 595 g/mol. The van der Waals surface area contributed by atoms with Gasteiger partial charge in [0.25, 0.3) is 0 Å². The molecule has 14 heteroatoms. The van der Waals surface area contributed by atoms with E-state index in [-0.39, 0.29) is 45.7 Å². The Kier molecular flexibility index (Phi) is 17.7. The second kappa shape index (κ2) is 19.5. The number of nitrogens with zero attached hydrogens (tertiary/aromatic N) is 2. The summed E-state index contributed by atoms with van der Waals surface area (Å²) in [7, 11) is 3.50. The molecule has 0 radical (unpaired) electrons. The summed E-state index contributed by atoms with van der Waals surface area (Å²) in [4.78, 5) is 25.2. The molecule has 0 bridgehead atoms. The maximum atomic E-state index is 13.4. The minimum atomic E-state index is -4.11. The Bertz CT molecular complexity index is 833. The van der Waals surface area contributed by atoms with E-state index in [1.807, 2.05) is 41.1 Å². The molecular weight excluding hydrogens is 545 g/mol. The van der Waals surface area contributed by atoms with Gasteiger partial charge in [0.15, 0.2) is 18.5 Å². The number of quaternary nitrogens is 1. The smallest absolute Gasteiger partial charge is 0.455 e. The molecule has 1 heterocycles. The second-order valence-electron chi connectivity index (χ2n) is 10.5. The van der Waals surface area contributed by atoms with Gasteiger partial charge in [0, 0.05) is 19.4 Å². The van der Waals surface area contributed by atoms with Crippen LogP contribution in [-0.2, 0) is 46.7 Å². The van der Waals surface area contributed by atoms with Crippen LogP contribution >= 0.6 is 7.82 Å². The third kappa shape index (κ3) is 14.8. The first-order chi connectivity index (χ1) is 19.0. The summed E-state index contributed by atoms with van der Waals surface area (Å²) >= 11 is 0. The zero-order valence-electron chi connectivity index (χ0n) is 24.9. The Balaban J connectivity index is 3.14. The number of hydrogen-bond donors (Lipinski definition) is 1. The zero-order valence-corrected chi connectivity index (χ0v) is 25.8. The number of nitrogens with one attached hydrogen (secondary N) is 1. The van der Waals surface area contributed by atoms with Gasteiger partial charge in [-0.3, -0.25) is 23.2 Å². The van der Waals surface area contributed by atoms with Crippen molar-refractivity contribution in [3.63, 3.8) is 0 Å². The van der Waals surface area contributed by atoms with Crippen molar-refractivity contribution >= 4 is 19.8 Å². The highest BCUT2D eigenvalue weighted by molar-refractivity contribution is 7.48. The van der Waals surface area contributed by atoms with E-state index in [1.165, 1.54) is 0 Å². The Hall–Kier alpha value is -1.62. The predicted octanol–water partition coefficient (Wildman–Crippen LogP) is 2.93. The second-order valence-corrected chi connectivity index (χ2v) is 12.1. The minimum absolute atomic E-state index is 0.0131. The van der Waals surface area contributed by atoms with Gasteiger partial charge in [0.1, 0.15) is 19.3 Å². The molecule has 1 N–H and O–H groups in total. The first-order valence-corrected chi connectivity index (χ1v) is 15.5. The summed E-state index contributed by atoms with van der Waals surface area (Å²) in [5.41, 5.74) is 0. The normalized spacial score (nSPS) is 22.4. The number of unbranched alkanes of at least 4 members (excludes halogenated alkanes) is 2. The molecule has 0 aromatic heterocycles. The number of carbonyl (C=O) groups is 2. The van der Waals surface area contributed by atoms with E-state index in [1.54, 1.807) is 7.05 Å². The van der Waals surface area contributed by atoms with Crippen molar-refractivity contribution in [2.24, 2.45) is 0 Å². The minimum Gasteiger partial charge on any atom is -0.455 e. The third-order valence-electron chi connectivity index (χ3n) is 5.78. The van der Waals surface area contributed by atoms with Crippen LogP contribution in [0, 0.1) is 11.3 Å². The van der Waals surface area contributed by atoms with Crippen molar-refractivity contribution in [3.05, 3.63) is 0 Å². The van der Waals surface area contributed by atoms with Crippen LogP contribution in [0.2, 0.25) is 0 Å². The van der Waals surface area contributed by atoms with Crippen molar-refractivity contribution in [1.29, 1.82) is 5.26 Å². The molecule has 232 valence electrons. The highest BCUT2D eigenvalue weighted by atomic mass is 31.2. The molecule has 1 aliphatic rings. The number of ether oxygens (including phenoxy) is 4. The summed E-state index contributed by atoms with van der Waals surface area (Å²) in [6, 6.07) is 1.92. The van der Waals surface area contributed by atoms with Crippen molar-refractivity contribution < 1.29 is 51.2 Å². The van der Waals surface area contributed by atoms with Crippen LogP contribution in [0.5, 0.6) is 0 Å². The quantitative estimate of drug-likeness (QED) is 0.0849. The van der Waals surface area contributed by atoms with Gasteiger partial charge in [-0.25, -0.2) is 4.57 Å². The number of carbonyl (C=O) groups excluding carboxylic acids is 2. The van der Waals surface area contributed by atoms with Gasteiger partial charge in [0.05, 0.1) is 53.5 Å². The van der Waals surface area contributed by atoms with Crippen LogP contribution in [0.15, 0.2) is 0 Å². The van der Waals surface area contributed by atoms with Crippen molar-refractivity contribution in [2.75, 3.05) is 67.7 Å². The molecule has 0 aromatic carbocycles. The van der Waals surface area contributed by atoms with Gasteiger partial charge in [0.2, 0.25) is 0 Å². The summed E-state index contributed by atoms with van der Waals surface area (Å²) in [5.74, 6) is -0.957. The number of phosphoric acid groups is 1. The summed E-state index contributed by atoms with van der Waals surface area (Å²) < 4.78 is 53.7. The van der Waals surface area contributed by atoms with Gasteiger partial charge in [-0.1, -0.05) is 26.7 Å². The molecule has 5 unspecified atom stereocenters. The van der Waals surface area contributed by atoms with E-state index < -0.39 is 44.4 Å². The number of esters is 2. The van der Waals surface area contributed by atoms with Crippen molar-refractivity contribution in [3.8, 4) is 6.07 Å². The molecule has 1 aliphatic heterocycles. The van der Waals surface area contributed by atoms with Crippen LogP contribution in [0.4, 0.5) is 0 Å². The van der Waals surface area contributed by atoms with E-state index in [0.717, 1.165) is 12.8 Å². The largest absolute Gasteiger partial charge is 0.475 e. The van der Waals surface area contributed by atoms with Gasteiger partial charge in [-0.2, -0.15) is 5.26 Å². The van der Waals surface area contributed by atoms with Crippen LogP contribution in [-0.4, -0.2) is 109 Å². The molecule has 0 saturated carbocycles. The van der Waals surface area contributed by atoms with Gasteiger partial charge in [-0.05, 0) is 19.9 Å². The van der Waals surface area contributed by atoms with E-state index in [4.69, 9.17) is 37.8 Å². The summed E-state index contributed by atoms with van der Waals surface area (Å²) in [6.07, 6.45) is -0.965. The van der Waals surface area contributed by atoms with Crippen LogP contribution in [0.25, 0.3) is 0 Å². The van der Waals surface area contributed by atoms with Crippen LogP contribution in [0.1, 0.15) is 58.8 Å². The molecule has 0 aliphatic carbocycles. The van der Waals surface area contributed by atoms with Gasteiger partial charge in [-0.15, -0.1) is 0 Å². The number of phosphoric ester groups is 1. The summed E-state index contributed by atoms with van der Waals surface area (Å²) in [6.45, 7) is 4.71. The van der Waals surface area contributed by atoms with Crippen LogP contribution < -0.4 is 5.32 Å². The van der Waals surface area contributed by atoms with E-state index in [2.05, 4.69) is 5.32 Å². The number of nitriles is 1. The van der Waals surface area contributed by atoms with Gasteiger partial charge < -0.3 is 28.7 Å². The molecule has 1 saturated heterocycles. The Morgan fingerprint density at radius 2 is 1.55 bits per heavy atom. The monoisotopic (exact) mass is 594 g/mol. The SMILES string of the molecule is CCCCC(=O)OC1C(COP(=O)(OCCC#N)OCC[N+](C)(C)C)OC(OCCNC)C1OC(=O)CCCC. The summed E-state index contributed by atoms with van der Waals surface area (Å²) in [5, 5.41) is 11.8. The van der Waals surface area contributed by atoms with Crippen molar-refractivity contribution in [1.82, 2.24) is 5.32 Å².